The van der Waals surface area contributed by atoms with Gasteiger partial charge in [0.05, 0.1) is 12.1 Å². The van der Waals surface area contributed by atoms with Crippen molar-refractivity contribution in [3.8, 4) is 0 Å². The van der Waals surface area contributed by atoms with E-state index >= 15 is 0 Å². The number of hydrogen-bond acceptors (Lipinski definition) is 2. The summed E-state index contributed by atoms with van der Waals surface area (Å²) in [6.07, 6.45) is 0. The zero-order valence-corrected chi connectivity index (χ0v) is 10.0. The van der Waals surface area contributed by atoms with Gasteiger partial charge in [-0.1, -0.05) is 6.07 Å². The van der Waals surface area contributed by atoms with Gasteiger partial charge < -0.3 is 15.0 Å². The molecule has 0 saturated heterocycles. The molecule has 2 N–H and O–H groups in total. The fourth-order valence-electron chi connectivity index (χ4n) is 2.20. The molecule has 3 nitrogen and oxygen atoms in total. The SMILES string of the molecule is COCc1cc2c(N)cccc2n1C(C)C. The first kappa shape index (κ1) is 11.0. The maximum absolute atomic E-state index is 5.98. The average Bonchev–Trinajstić information content (AvgIpc) is 2.58. The van der Waals surface area contributed by atoms with E-state index in [0.29, 0.717) is 12.6 Å². The van der Waals surface area contributed by atoms with Gasteiger partial charge in [-0.05, 0) is 32.0 Å². The molecule has 16 heavy (non-hydrogen) atoms. The van der Waals surface area contributed by atoms with Crippen LogP contribution in [-0.4, -0.2) is 11.7 Å². The lowest BCUT2D eigenvalue weighted by atomic mass is 10.2. The van der Waals surface area contributed by atoms with E-state index in [1.54, 1.807) is 7.11 Å². The minimum absolute atomic E-state index is 0.407. The number of nitrogen functional groups attached to an aromatic ring is 1. The molecule has 0 amide bonds. The van der Waals surface area contributed by atoms with Crippen molar-refractivity contribution in [2.75, 3.05) is 12.8 Å². The summed E-state index contributed by atoms with van der Waals surface area (Å²) in [4.78, 5) is 0. The number of anilines is 1. The molecule has 1 aromatic carbocycles. The van der Waals surface area contributed by atoms with Gasteiger partial charge in [-0.15, -0.1) is 0 Å². The molecule has 0 saturated carbocycles. The van der Waals surface area contributed by atoms with Gasteiger partial charge in [0.1, 0.15) is 0 Å². The Labute approximate surface area is 95.8 Å². The van der Waals surface area contributed by atoms with Crippen LogP contribution in [0.25, 0.3) is 10.9 Å². The molecule has 1 aromatic heterocycles. The maximum atomic E-state index is 5.98. The fraction of sp³-hybridized carbons (Fsp3) is 0.385. The van der Waals surface area contributed by atoms with Gasteiger partial charge in [0.25, 0.3) is 0 Å². The number of benzene rings is 1. The highest BCUT2D eigenvalue weighted by molar-refractivity contribution is 5.92. The fourth-order valence-corrected chi connectivity index (χ4v) is 2.20. The van der Waals surface area contributed by atoms with Gasteiger partial charge in [0, 0.05) is 29.9 Å². The van der Waals surface area contributed by atoms with Crippen molar-refractivity contribution in [2.24, 2.45) is 0 Å². The van der Waals surface area contributed by atoms with Crippen LogP contribution in [0.15, 0.2) is 24.3 Å². The third-order valence-corrected chi connectivity index (χ3v) is 2.81. The summed E-state index contributed by atoms with van der Waals surface area (Å²) in [5.74, 6) is 0. The van der Waals surface area contributed by atoms with Gasteiger partial charge >= 0.3 is 0 Å². The highest BCUT2D eigenvalue weighted by Gasteiger charge is 2.12. The molecule has 0 spiro atoms. The van der Waals surface area contributed by atoms with E-state index in [2.05, 4.69) is 30.5 Å². The molecule has 1 heterocycles. The van der Waals surface area contributed by atoms with Gasteiger partial charge in [0.15, 0.2) is 0 Å². The highest BCUT2D eigenvalue weighted by Crippen LogP contribution is 2.28. The summed E-state index contributed by atoms with van der Waals surface area (Å²) in [6.45, 7) is 4.95. The molecule has 0 aliphatic rings. The normalized spacial score (nSPS) is 11.5. The number of ether oxygens (including phenoxy) is 1. The maximum Gasteiger partial charge on any atom is 0.0864 e. The van der Waals surface area contributed by atoms with Gasteiger partial charge in [0.2, 0.25) is 0 Å². The van der Waals surface area contributed by atoms with Crippen molar-refractivity contribution < 1.29 is 4.74 Å². The van der Waals surface area contributed by atoms with E-state index in [4.69, 9.17) is 10.5 Å². The molecule has 0 fully saturated rings. The van der Waals surface area contributed by atoms with Crippen molar-refractivity contribution in [2.45, 2.75) is 26.5 Å². The molecule has 0 bridgehead atoms. The molecular formula is C13H18N2O. The molecule has 0 radical (unpaired) electrons. The Morgan fingerprint density at radius 2 is 2.12 bits per heavy atom. The van der Waals surface area contributed by atoms with Crippen molar-refractivity contribution in [3.63, 3.8) is 0 Å². The predicted molar refractivity (Wildman–Crippen MR) is 67.4 cm³/mol. The Hall–Kier alpha value is -1.48. The number of fused-ring (bicyclic) bond motifs is 1. The van der Waals surface area contributed by atoms with Gasteiger partial charge in [-0.3, -0.25) is 0 Å². The summed E-state index contributed by atoms with van der Waals surface area (Å²) in [5.41, 5.74) is 9.16. The lowest BCUT2D eigenvalue weighted by molar-refractivity contribution is 0.177. The Morgan fingerprint density at radius 1 is 1.38 bits per heavy atom. The summed E-state index contributed by atoms with van der Waals surface area (Å²) in [6, 6.07) is 8.56. The van der Waals surface area contributed by atoms with Crippen LogP contribution in [0, 0.1) is 0 Å². The van der Waals surface area contributed by atoms with Gasteiger partial charge in [-0.25, -0.2) is 0 Å². The first-order valence-corrected chi connectivity index (χ1v) is 5.52. The van der Waals surface area contributed by atoms with Crippen molar-refractivity contribution >= 4 is 16.6 Å². The number of nitrogens with zero attached hydrogens (tertiary/aromatic N) is 1. The molecule has 0 aliphatic heterocycles. The van der Waals surface area contributed by atoms with E-state index in [1.807, 2.05) is 12.1 Å². The number of hydrogen-bond donors (Lipinski definition) is 1. The zero-order valence-electron chi connectivity index (χ0n) is 10.0. The smallest absolute Gasteiger partial charge is 0.0864 e. The first-order chi connectivity index (χ1) is 7.65. The third kappa shape index (κ3) is 1.67. The Bertz CT molecular complexity index is 500. The van der Waals surface area contributed by atoms with Crippen LogP contribution in [0.1, 0.15) is 25.6 Å². The number of methoxy groups -OCH3 is 1. The summed E-state index contributed by atoms with van der Waals surface area (Å²) in [7, 11) is 1.71. The Morgan fingerprint density at radius 3 is 2.75 bits per heavy atom. The monoisotopic (exact) mass is 218 g/mol. The molecule has 2 aromatic rings. The lowest BCUT2D eigenvalue weighted by Crippen LogP contribution is -2.05. The molecule has 3 heteroatoms. The highest BCUT2D eigenvalue weighted by atomic mass is 16.5. The van der Waals surface area contributed by atoms with E-state index in [-0.39, 0.29) is 0 Å². The minimum atomic E-state index is 0.407. The number of nitrogens with two attached hydrogens (primary N) is 1. The number of aromatic nitrogens is 1. The largest absolute Gasteiger partial charge is 0.398 e. The summed E-state index contributed by atoms with van der Waals surface area (Å²) in [5, 5.41) is 1.11. The molecule has 0 atom stereocenters. The van der Waals surface area contributed by atoms with E-state index in [9.17, 15) is 0 Å². The Kier molecular flexibility index (Phi) is 2.88. The van der Waals surface area contributed by atoms with Gasteiger partial charge in [-0.2, -0.15) is 0 Å². The topological polar surface area (TPSA) is 40.2 Å². The minimum Gasteiger partial charge on any atom is -0.398 e. The van der Waals surface area contributed by atoms with Crippen LogP contribution in [0.4, 0.5) is 5.69 Å². The summed E-state index contributed by atoms with van der Waals surface area (Å²) >= 11 is 0. The predicted octanol–water partition coefficient (Wildman–Crippen LogP) is 2.95. The lowest BCUT2D eigenvalue weighted by Gasteiger charge is -2.14. The van der Waals surface area contributed by atoms with E-state index < -0.39 is 0 Å². The van der Waals surface area contributed by atoms with Crippen LogP contribution in [-0.2, 0) is 11.3 Å². The van der Waals surface area contributed by atoms with Crippen LogP contribution in [0.5, 0.6) is 0 Å². The number of rotatable bonds is 3. The summed E-state index contributed by atoms with van der Waals surface area (Å²) < 4.78 is 7.50. The molecular weight excluding hydrogens is 200 g/mol. The van der Waals surface area contributed by atoms with E-state index in [0.717, 1.165) is 11.1 Å². The van der Waals surface area contributed by atoms with Crippen LogP contribution < -0.4 is 5.73 Å². The molecule has 0 aliphatic carbocycles. The quantitative estimate of drug-likeness (QED) is 0.804. The second kappa shape index (κ2) is 4.18. The second-order valence-corrected chi connectivity index (χ2v) is 4.31. The van der Waals surface area contributed by atoms with E-state index in [1.165, 1.54) is 11.2 Å². The van der Waals surface area contributed by atoms with Crippen LogP contribution >= 0.6 is 0 Å². The standard InChI is InChI=1S/C13H18N2O/c1-9(2)15-10(8-16-3)7-11-12(14)5-4-6-13(11)15/h4-7,9H,8,14H2,1-3H3. The van der Waals surface area contributed by atoms with Crippen molar-refractivity contribution in [1.82, 2.24) is 4.57 Å². The average molecular weight is 218 g/mol. The van der Waals surface area contributed by atoms with Crippen LogP contribution in [0.2, 0.25) is 0 Å². The van der Waals surface area contributed by atoms with Crippen molar-refractivity contribution in [1.29, 1.82) is 0 Å². The Balaban J connectivity index is 2.70. The third-order valence-electron chi connectivity index (χ3n) is 2.81. The molecule has 0 unspecified atom stereocenters. The van der Waals surface area contributed by atoms with Crippen molar-refractivity contribution in [3.05, 3.63) is 30.0 Å². The van der Waals surface area contributed by atoms with Crippen LogP contribution in [0.3, 0.4) is 0 Å². The molecule has 86 valence electrons. The zero-order chi connectivity index (χ0) is 11.7. The molecule has 2 rings (SSSR count). The first-order valence-electron chi connectivity index (χ1n) is 5.52. The second-order valence-electron chi connectivity index (χ2n) is 4.31.